The van der Waals surface area contributed by atoms with Crippen LogP contribution in [0.4, 0.5) is 0 Å². The first-order chi connectivity index (χ1) is 6.84. The summed E-state index contributed by atoms with van der Waals surface area (Å²) in [5, 5.41) is 3.80. The molecule has 0 unspecified atom stereocenters. The van der Waals surface area contributed by atoms with Gasteiger partial charge in [-0.15, -0.1) is 0 Å². The number of hydrogen-bond acceptors (Lipinski definition) is 2. The number of aromatic nitrogens is 1. The highest BCUT2D eigenvalue weighted by Gasteiger charge is 1.94. The Balaban J connectivity index is 2.15. The Labute approximate surface area is 82.9 Å². The van der Waals surface area contributed by atoms with E-state index in [-0.39, 0.29) is 0 Å². The number of hydrogen-bond donors (Lipinski definition) is 0. The fraction of sp³-hybridized carbons (Fsp3) is 0.0833. The van der Waals surface area contributed by atoms with Crippen LogP contribution >= 0.6 is 0 Å². The van der Waals surface area contributed by atoms with E-state index in [1.54, 1.807) is 0 Å². The highest BCUT2D eigenvalue weighted by Crippen LogP contribution is 2.08. The Kier molecular flexibility index (Phi) is 2.45. The second-order valence-corrected chi connectivity index (χ2v) is 3.11. The van der Waals surface area contributed by atoms with Gasteiger partial charge in [0.05, 0.1) is 5.69 Å². The molecule has 0 aliphatic rings. The minimum absolute atomic E-state index is 0.784. The molecule has 2 aromatic rings. The predicted molar refractivity (Wildman–Crippen MR) is 56.6 cm³/mol. The largest absolute Gasteiger partial charge is 0.357 e. The maximum absolute atomic E-state index is 5.05. The van der Waals surface area contributed by atoms with Gasteiger partial charge < -0.3 is 4.52 Å². The average molecular weight is 185 g/mol. The second kappa shape index (κ2) is 3.92. The normalized spacial score (nSPS) is 10.9. The van der Waals surface area contributed by atoms with Crippen LogP contribution in [0.1, 0.15) is 17.0 Å². The highest BCUT2D eigenvalue weighted by molar-refractivity contribution is 5.67. The molecule has 0 saturated heterocycles. The molecule has 0 radical (unpaired) electrons. The summed E-state index contributed by atoms with van der Waals surface area (Å²) in [6.45, 7) is 1.91. The Hall–Kier alpha value is -1.83. The zero-order chi connectivity index (χ0) is 9.80. The lowest BCUT2D eigenvalue weighted by Crippen LogP contribution is -1.68. The molecule has 0 fully saturated rings. The molecule has 14 heavy (non-hydrogen) atoms. The van der Waals surface area contributed by atoms with Crippen molar-refractivity contribution in [1.82, 2.24) is 5.16 Å². The third-order valence-electron chi connectivity index (χ3n) is 1.89. The molecule has 0 spiro atoms. The molecule has 0 aliphatic heterocycles. The van der Waals surface area contributed by atoms with Crippen LogP contribution in [0.3, 0.4) is 0 Å². The second-order valence-electron chi connectivity index (χ2n) is 3.11. The Morgan fingerprint density at radius 2 is 1.93 bits per heavy atom. The van der Waals surface area contributed by atoms with Gasteiger partial charge in [0.2, 0.25) is 0 Å². The van der Waals surface area contributed by atoms with Gasteiger partial charge in [0.1, 0.15) is 0 Å². The number of rotatable bonds is 2. The highest BCUT2D eigenvalue weighted by atomic mass is 16.5. The third kappa shape index (κ3) is 2.10. The Bertz CT molecular complexity index is 429. The fourth-order valence-corrected chi connectivity index (χ4v) is 1.20. The molecule has 2 rings (SSSR count). The van der Waals surface area contributed by atoms with Crippen LogP contribution in [0.15, 0.2) is 40.9 Å². The molecule has 1 aromatic carbocycles. The van der Waals surface area contributed by atoms with Gasteiger partial charge >= 0.3 is 0 Å². The maximum atomic E-state index is 5.05. The van der Waals surface area contributed by atoms with Crippen molar-refractivity contribution in [2.24, 2.45) is 0 Å². The number of aryl methyl sites for hydroxylation is 1. The number of nitrogens with zero attached hydrogens (tertiary/aromatic N) is 1. The van der Waals surface area contributed by atoms with E-state index in [1.165, 1.54) is 0 Å². The van der Waals surface area contributed by atoms with E-state index in [0.717, 1.165) is 17.0 Å². The summed E-state index contributed by atoms with van der Waals surface area (Å²) >= 11 is 0. The van der Waals surface area contributed by atoms with E-state index in [1.807, 2.05) is 55.5 Å². The van der Waals surface area contributed by atoms with Gasteiger partial charge in [-0.05, 0) is 18.6 Å². The standard InChI is InChI=1S/C12H11NO/c1-10-9-12(14-13-10)8-7-11-5-3-2-4-6-11/h2-9H,1H3/b8-7-. The quantitative estimate of drug-likeness (QED) is 0.718. The molecule has 0 N–H and O–H groups in total. The molecule has 2 nitrogen and oxygen atoms in total. The van der Waals surface area contributed by atoms with Crippen molar-refractivity contribution in [3.63, 3.8) is 0 Å². The summed E-state index contributed by atoms with van der Waals surface area (Å²) in [5.74, 6) is 0.784. The van der Waals surface area contributed by atoms with Gasteiger partial charge in [-0.2, -0.15) is 0 Å². The van der Waals surface area contributed by atoms with Gasteiger partial charge in [0.15, 0.2) is 5.76 Å². The van der Waals surface area contributed by atoms with Gasteiger partial charge in [0.25, 0.3) is 0 Å². The molecule has 0 amide bonds. The van der Waals surface area contributed by atoms with Crippen molar-refractivity contribution in [1.29, 1.82) is 0 Å². The molecule has 0 saturated carbocycles. The van der Waals surface area contributed by atoms with Crippen molar-refractivity contribution in [2.75, 3.05) is 0 Å². The third-order valence-corrected chi connectivity index (χ3v) is 1.89. The fourth-order valence-electron chi connectivity index (χ4n) is 1.20. The molecule has 1 heterocycles. The first-order valence-corrected chi connectivity index (χ1v) is 4.51. The van der Waals surface area contributed by atoms with E-state index in [9.17, 15) is 0 Å². The molecular weight excluding hydrogens is 174 g/mol. The summed E-state index contributed by atoms with van der Waals surface area (Å²) in [6.07, 6.45) is 3.91. The van der Waals surface area contributed by atoms with Crippen molar-refractivity contribution in [2.45, 2.75) is 6.92 Å². The molecule has 0 atom stereocenters. The molecular formula is C12H11NO. The SMILES string of the molecule is Cc1cc(/C=C\c2ccccc2)on1. The van der Waals surface area contributed by atoms with Crippen LogP contribution < -0.4 is 0 Å². The topological polar surface area (TPSA) is 26.0 Å². The lowest BCUT2D eigenvalue weighted by atomic mass is 10.2. The summed E-state index contributed by atoms with van der Waals surface area (Å²) in [4.78, 5) is 0. The van der Waals surface area contributed by atoms with Gasteiger partial charge in [-0.25, -0.2) is 0 Å². The van der Waals surface area contributed by atoms with Crippen LogP contribution in [-0.2, 0) is 0 Å². The molecule has 2 heteroatoms. The molecule has 1 aromatic heterocycles. The maximum Gasteiger partial charge on any atom is 0.159 e. The van der Waals surface area contributed by atoms with Crippen LogP contribution in [-0.4, -0.2) is 5.16 Å². The van der Waals surface area contributed by atoms with Crippen molar-refractivity contribution in [3.8, 4) is 0 Å². The minimum atomic E-state index is 0.784. The molecule has 0 bridgehead atoms. The lowest BCUT2D eigenvalue weighted by Gasteiger charge is -1.88. The first kappa shape index (κ1) is 8.75. The van der Waals surface area contributed by atoms with Crippen LogP contribution in [0.2, 0.25) is 0 Å². The molecule has 70 valence electrons. The van der Waals surface area contributed by atoms with Gasteiger partial charge in [-0.3, -0.25) is 0 Å². The first-order valence-electron chi connectivity index (χ1n) is 4.51. The average Bonchev–Trinajstić information content (AvgIpc) is 2.63. The zero-order valence-electron chi connectivity index (χ0n) is 7.97. The van der Waals surface area contributed by atoms with Crippen molar-refractivity contribution < 1.29 is 4.52 Å². The van der Waals surface area contributed by atoms with E-state index in [4.69, 9.17) is 4.52 Å². The van der Waals surface area contributed by atoms with E-state index >= 15 is 0 Å². The summed E-state index contributed by atoms with van der Waals surface area (Å²) < 4.78 is 5.05. The van der Waals surface area contributed by atoms with E-state index < -0.39 is 0 Å². The molecule has 0 aliphatic carbocycles. The zero-order valence-corrected chi connectivity index (χ0v) is 7.97. The van der Waals surface area contributed by atoms with Gasteiger partial charge in [-0.1, -0.05) is 41.6 Å². The van der Waals surface area contributed by atoms with Crippen molar-refractivity contribution in [3.05, 3.63) is 53.4 Å². The van der Waals surface area contributed by atoms with E-state index in [0.29, 0.717) is 0 Å². The number of benzene rings is 1. The lowest BCUT2D eigenvalue weighted by molar-refractivity contribution is 0.408. The Morgan fingerprint density at radius 1 is 1.14 bits per heavy atom. The summed E-state index contributed by atoms with van der Waals surface area (Å²) in [7, 11) is 0. The van der Waals surface area contributed by atoms with Crippen LogP contribution in [0, 0.1) is 6.92 Å². The van der Waals surface area contributed by atoms with Crippen LogP contribution in [0.5, 0.6) is 0 Å². The summed E-state index contributed by atoms with van der Waals surface area (Å²) in [5.41, 5.74) is 2.05. The monoisotopic (exact) mass is 185 g/mol. The van der Waals surface area contributed by atoms with Crippen molar-refractivity contribution >= 4 is 12.2 Å². The summed E-state index contributed by atoms with van der Waals surface area (Å²) in [6, 6.07) is 12.0. The van der Waals surface area contributed by atoms with Gasteiger partial charge in [0, 0.05) is 6.07 Å². The van der Waals surface area contributed by atoms with E-state index in [2.05, 4.69) is 5.16 Å². The Morgan fingerprint density at radius 3 is 2.57 bits per heavy atom. The van der Waals surface area contributed by atoms with Crippen LogP contribution in [0.25, 0.3) is 12.2 Å². The smallest absolute Gasteiger partial charge is 0.159 e. The predicted octanol–water partition coefficient (Wildman–Crippen LogP) is 3.15. The minimum Gasteiger partial charge on any atom is -0.357 e.